The lowest BCUT2D eigenvalue weighted by atomic mass is 9.82. The highest BCUT2D eigenvalue weighted by Gasteiger charge is 2.42. The number of likely N-dealkylation sites (tertiary alicyclic amines) is 1. The van der Waals surface area contributed by atoms with Gasteiger partial charge in [0.1, 0.15) is 5.60 Å². The Hall–Kier alpha value is -1.30. The molecule has 2 aliphatic rings. The lowest BCUT2D eigenvalue weighted by molar-refractivity contribution is -0.164. The lowest BCUT2D eigenvalue weighted by Crippen LogP contribution is -2.51. The van der Waals surface area contributed by atoms with Crippen LogP contribution in [0.5, 0.6) is 0 Å². The molecule has 2 aliphatic heterocycles. The summed E-state index contributed by atoms with van der Waals surface area (Å²) in [5.41, 5.74) is -0.662. The quantitative estimate of drug-likeness (QED) is 0.695. The monoisotopic (exact) mass is 313 g/mol. The Morgan fingerprint density at radius 1 is 1.18 bits per heavy atom. The molecule has 6 nitrogen and oxygen atoms in total. The first-order valence-corrected chi connectivity index (χ1v) is 7.94. The number of methoxy groups -OCH3 is 1. The van der Waals surface area contributed by atoms with Gasteiger partial charge in [0, 0.05) is 13.1 Å². The number of piperidine rings is 1. The highest BCUT2D eigenvalue weighted by molar-refractivity contribution is 5.72. The van der Waals surface area contributed by atoms with Crippen LogP contribution in [-0.4, -0.2) is 55.0 Å². The molecule has 0 bridgehead atoms. The van der Waals surface area contributed by atoms with Crippen molar-refractivity contribution < 1.29 is 23.8 Å². The van der Waals surface area contributed by atoms with Crippen LogP contribution in [-0.2, 0) is 19.0 Å². The average molecular weight is 313 g/mol. The molecule has 2 fully saturated rings. The van der Waals surface area contributed by atoms with Crippen molar-refractivity contribution in [2.75, 3.05) is 26.8 Å². The predicted octanol–water partition coefficient (Wildman–Crippen LogP) is 2.36. The van der Waals surface area contributed by atoms with Crippen LogP contribution in [0.25, 0.3) is 0 Å². The second kappa shape index (κ2) is 6.44. The standard InChI is InChI=1S/C16H27NO5/c1-15(2,3)22-14(19)17-9-7-16(8-10-17)6-5-12(11-21-16)13(18)20-4/h12H,5-11H2,1-4H3/t12-/m1/s1. The van der Waals surface area contributed by atoms with Crippen molar-refractivity contribution in [3.63, 3.8) is 0 Å². The van der Waals surface area contributed by atoms with Gasteiger partial charge < -0.3 is 19.1 Å². The molecular formula is C16H27NO5. The van der Waals surface area contributed by atoms with E-state index in [1.165, 1.54) is 7.11 Å². The number of amides is 1. The summed E-state index contributed by atoms with van der Waals surface area (Å²) in [6.07, 6.45) is 2.96. The minimum absolute atomic E-state index is 0.153. The van der Waals surface area contributed by atoms with E-state index in [0.717, 1.165) is 25.7 Å². The number of carbonyl (C=O) groups excluding carboxylic acids is 2. The summed E-state index contributed by atoms with van der Waals surface area (Å²) in [5, 5.41) is 0. The molecule has 0 N–H and O–H groups in total. The summed E-state index contributed by atoms with van der Waals surface area (Å²) in [4.78, 5) is 25.3. The van der Waals surface area contributed by atoms with Crippen molar-refractivity contribution in [1.29, 1.82) is 0 Å². The van der Waals surface area contributed by atoms with E-state index in [1.54, 1.807) is 4.90 Å². The minimum atomic E-state index is -0.471. The molecule has 0 saturated carbocycles. The van der Waals surface area contributed by atoms with Gasteiger partial charge in [-0.2, -0.15) is 0 Å². The molecule has 6 heteroatoms. The maximum Gasteiger partial charge on any atom is 0.410 e. The van der Waals surface area contributed by atoms with Crippen molar-refractivity contribution in [3.05, 3.63) is 0 Å². The Balaban J connectivity index is 1.83. The number of nitrogens with zero attached hydrogens (tertiary/aromatic N) is 1. The van der Waals surface area contributed by atoms with Crippen LogP contribution in [0.3, 0.4) is 0 Å². The van der Waals surface area contributed by atoms with Gasteiger partial charge in [-0.25, -0.2) is 4.79 Å². The van der Waals surface area contributed by atoms with Gasteiger partial charge in [0.05, 0.1) is 25.2 Å². The van der Waals surface area contributed by atoms with Crippen molar-refractivity contribution in [3.8, 4) is 0 Å². The Labute approximate surface area is 132 Å². The normalized spacial score (nSPS) is 24.9. The van der Waals surface area contributed by atoms with Crippen LogP contribution in [0, 0.1) is 5.92 Å². The third kappa shape index (κ3) is 4.12. The Kier molecular flexibility index (Phi) is 5.00. The second-order valence-corrected chi connectivity index (χ2v) is 7.22. The number of hydrogen-bond acceptors (Lipinski definition) is 5. The Morgan fingerprint density at radius 3 is 2.27 bits per heavy atom. The van der Waals surface area contributed by atoms with Gasteiger partial charge in [-0.05, 0) is 46.5 Å². The van der Waals surface area contributed by atoms with E-state index in [9.17, 15) is 9.59 Å². The summed E-state index contributed by atoms with van der Waals surface area (Å²) in [5.74, 6) is -0.347. The molecule has 0 aromatic carbocycles. The first kappa shape index (κ1) is 17.1. The second-order valence-electron chi connectivity index (χ2n) is 7.22. The van der Waals surface area contributed by atoms with Gasteiger partial charge >= 0.3 is 12.1 Å². The molecule has 0 aliphatic carbocycles. The molecular weight excluding hydrogens is 286 g/mol. The molecule has 126 valence electrons. The molecule has 0 aromatic rings. The van der Waals surface area contributed by atoms with Crippen LogP contribution < -0.4 is 0 Å². The molecule has 1 spiro atoms. The van der Waals surface area contributed by atoms with Crippen molar-refractivity contribution in [1.82, 2.24) is 4.90 Å². The topological polar surface area (TPSA) is 65.1 Å². The molecule has 1 atom stereocenters. The third-order valence-electron chi connectivity index (χ3n) is 4.40. The van der Waals surface area contributed by atoms with E-state index in [1.807, 2.05) is 20.8 Å². The Morgan fingerprint density at radius 2 is 1.82 bits per heavy atom. The first-order valence-electron chi connectivity index (χ1n) is 7.94. The summed E-state index contributed by atoms with van der Waals surface area (Å²) < 4.78 is 16.2. The fourth-order valence-corrected chi connectivity index (χ4v) is 3.04. The van der Waals surface area contributed by atoms with Crippen molar-refractivity contribution in [2.24, 2.45) is 5.92 Å². The maximum atomic E-state index is 12.1. The molecule has 2 heterocycles. The van der Waals surface area contributed by atoms with Crippen LogP contribution in [0.15, 0.2) is 0 Å². The lowest BCUT2D eigenvalue weighted by Gasteiger charge is -2.45. The molecule has 1 amide bonds. The molecule has 0 aromatic heterocycles. The van der Waals surface area contributed by atoms with E-state index in [-0.39, 0.29) is 23.6 Å². The van der Waals surface area contributed by atoms with E-state index in [2.05, 4.69) is 0 Å². The summed E-state index contributed by atoms with van der Waals surface area (Å²) in [6, 6.07) is 0. The SMILES string of the molecule is COC(=O)[C@@H]1CCC2(CCN(C(=O)OC(C)(C)C)CC2)OC1. The summed E-state index contributed by atoms with van der Waals surface area (Å²) in [6.45, 7) is 7.29. The smallest absolute Gasteiger partial charge is 0.410 e. The van der Waals surface area contributed by atoms with Crippen LogP contribution in [0.1, 0.15) is 46.5 Å². The first-order chi connectivity index (χ1) is 10.2. The number of hydrogen-bond donors (Lipinski definition) is 0. The van der Waals surface area contributed by atoms with Crippen molar-refractivity contribution >= 4 is 12.1 Å². The maximum absolute atomic E-state index is 12.1. The van der Waals surface area contributed by atoms with E-state index in [4.69, 9.17) is 14.2 Å². The van der Waals surface area contributed by atoms with Crippen molar-refractivity contribution in [2.45, 2.75) is 57.7 Å². The number of esters is 1. The summed E-state index contributed by atoms with van der Waals surface area (Å²) >= 11 is 0. The van der Waals surface area contributed by atoms with Gasteiger partial charge in [-0.1, -0.05) is 0 Å². The minimum Gasteiger partial charge on any atom is -0.469 e. The fraction of sp³-hybridized carbons (Fsp3) is 0.875. The zero-order valence-electron chi connectivity index (χ0n) is 14.0. The summed E-state index contributed by atoms with van der Waals surface area (Å²) in [7, 11) is 1.41. The van der Waals surface area contributed by atoms with Gasteiger partial charge in [-0.15, -0.1) is 0 Å². The molecule has 0 radical (unpaired) electrons. The molecule has 2 rings (SSSR count). The number of rotatable bonds is 1. The van der Waals surface area contributed by atoms with Crippen LogP contribution in [0.2, 0.25) is 0 Å². The average Bonchev–Trinajstić information content (AvgIpc) is 2.46. The molecule has 0 unspecified atom stereocenters. The van der Waals surface area contributed by atoms with Gasteiger partial charge in [0.2, 0.25) is 0 Å². The molecule has 2 saturated heterocycles. The third-order valence-corrected chi connectivity index (χ3v) is 4.40. The van der Waals surface area contributed by atoms with E-state index in [0.29, 0.717) is 19.7 Å². The Bertz CT molecular complexity index is 411. The predicted molar refractivity (Wildman–Crippen MR) is 80.5 cm³/mol. The van der Waals surface area contributed by atoms with Crippen LogP contribution >= 0.6 is 0 Å². The van der Waals surface area contributed by atoms with E-state index >= 15 is 0 Å². The molecule has 22 heavy (non-hydrogen) atoms. The van der Waals surface area contributed by atoms with Gasteiger partial charge in [0.15, 0.2) is 0 Å². The fourth-order valence-electron chi connectivity index (χ4n) is 3.04. The largest absolute Gasteiger partial charge is 0.469 e. The zero-order chi connectivity index (χ0) is 16.4. The highest BCUT2D eigenvalue weighted by Crippen LogP contribution is 2.37. The van der Waals surface area contributed by atoms with Gasteiger partial charge in [-0.3, -0.25) is 4.79 Å². The van der Waals surface area contributed by atoms with Gasteiger partial charge in [0.25, 0.3) is 0 Å². The number of carbonyl (C=O) groups is 2. The number of ether oxygens (including phenoxy) is 3. The highest BCUT2D eigenvalue weighted by atomic mass is 16.6. The zero-order valence-corrected chi connectivity index (χ0v) is 14.0. The van der Waals surface area contributed by atoms with Crippen LogP contribution in [0.4, 0.5) is 4.79 Å². The van der Waals surface area contributed by atoms with E-state index < -0.39 is 5.60 Å².